The van der Waals surface area contributed by atoms with Gasteiger partial charge in [-0.25, -0.2) is 0 Å². The van der Waals surface area contributed by atoms with Gasteiger partial charge in [-0.3, -0.25) is 0 Å². The molecule has 0 radical (unpaired) electrons. The fourth-order valence-electron chi connectivity index (χ4n) is 1.99. The second kappa shape index (κ2) is 4.60. The van der Waals surface area contributed by atoms with Gasteiger partial charge in [0.2, 0.25) is 0 Å². The van der Waals surface area contributed by atoms with Crippen LogP contribution < -0.4 is 9.31 Å². The van der Waals surface area contributed by atoms with E-state index in [0.717, 1.165) is 17.8 Å². The normalized spacial score (nSPS) is 15.5. The van der Waals surface area contributed by atoms with Crippen molar-refractivity contribution < 1.29 is 9.31 Å². The number of para-hydroxylation sites is 2. The molecule has 2 rings (SSSR count). The topological polar surface area (TPSA) is 18.5 Å². The van der Waals surface area contributed by atoms with Gasteiger partial charge in [0.25, 0.3) is 0 Å². The van der Waals surface area contributed by atoms with Crippen LogP contribution in [-0.2, 0) is 0 Å². The maximum atomic E-state index is 5.70. The fraction of sp³-hybridized carbons (Fsp3) is 0.500. The summed E-state index contributed by atoms with van der Waals surface area (Å²) in [4.78, 5) is 0. The van der Waals surface area contributed by atoms with Crippen LogP contribution in [0, 0.1) is 5.92 Å². The van der Waals surface area contributed by atoms with Crippen molar-refractivity contribution in [2.75, 3.05) is 0 Å². The van der Waals surface area contributed by atoms with Gasteiger partial charge < -0.3 is 9.31 Å². The van der Waals surface area contributed by atoms with Crippen LogP contribution >= 0.6 is 0 Å². The summed E-state index contributed by atoms with van der Waals surface area (Å²) in [5.41, 5.74) is 0. The maximum Gasteiger partial charge on any atom is 0.595 e. The molecule has 80 valence electrons. The molecule has 0 saturated heterocycles. The number of hydrogen-bond acceptors (Lipinski definition) is 2. The smallest absolute Gasteiger partial charge is 0.523 e. The highest BCUT2D eigenvalue weighted by Crippen LogP contribution is 2.34. The van der Waals surface area contributed by atoms with Gasteiger partial charge in [-0.05, 0) is 18.1 Å². The molecule has 0 aliphatic carbocycles. The highest BCUT2D eigenvalue weighted by Gasteiger charge is 2.32. The van der Waals surface area contributed by atoms with Crippen molar-refractivity contribution in [3.8, 4) is 11.5 Å². The number of rotatable bonds is 4. The summed E-state index contributed by atoms with van der Waals surface area (Å²) in [7, 11) is -0.0797. The van der Waals surface area contributed by atoms with E-state index in [4.69, 9.17) is 9.31 Å². The Hall–Kier alpha value is -1.12. The largest absolute Gasteiger partial charge is 0.595 e. The lowest BCUT2D eigenvalue weighted by Crippen LogP contribution is -2.26. The van der Waals surface area contributed by atoms with Crippen molar-refractivity contribution in [2.45, 2.75) is 33.0 Å². The molecule has 1 heterocycles. The van der Waals surface area contributed by atoms with Crippen LogP contribution in [0.25, 0.3) is 0 Å². The Morgan fingerprint density at radius 3 is 2.33 bits per heavy atom. The van der Waals surface area contributed by atoms with Crippen molar-refractivity contribution in [3.63, 3.8) is 0 Å². The quantitative estimate of drug-likeness (QED) is 0.700. The molecule has 0 N–H and O–H groups in total. The van der Waals surface area contributed by atoms with E-state index in [1.54, 1.807) is 0 Å². The predicted molar refractivity (Wildman–Crippen MR) is 62.3 cm³/mol. The van der Waals surface area contributed by atoms with Crippen molar-refractivity contribution in [2.24, 2.45) is 5.92 Å². The van der Waals surface area contributed by atoms with Crippen molar-refractivity contribution >= 4 is 7.12 Å². The zero-order valence-corrected chi connectivity index (χ0v) is 9.40. The van der Waals surface area contributed by atoms with E-state index < -0.39 is 0 Å². The lowest BCUT2D eigenvalue weighted by Gasteiger charge is -2.10. The van der Waals surface area contributed by atoms with Crippen molar-refractivity contribution in [1.29, 1.82) is 0 Å². The molecular weight excluding hydrogens is 187 g/mol. The highest BCUT2D eigenvalue weighted by molar-refractivity contribution is 6.47. The molecule has 1 aliphatic rings. The first kappa shape index (κ1) is 10.4. The molecule has 0 bridgehead atoms. The molecule has 1 aliphatic heterocycles. The third kappa shape index (κ3) is 2.47. The summed E-state index contributed by atoms with van der Waals surface area (Å²) in [6.45, 7) is 4.46. The van der Waals surface area contributed by atoms with Crippen LogP contribution in [0.15, 0.2) is 24.3 Å². The van der Waals surface area contributed by atoms with Gasteiger partial charge >= 0.3 is 7.12 Å². The Morgan fingerprint density at radius 1 is 1.20 bits per heavy atom. The van der Waals surface area contributed by atoms with Crippen LogP contribution in [0.5, 0.6) is 11.5 Å². The van der Waals surface area contributed by atoms with Gasteiger partial charge in [-0.15, -0.1) is 0 Å². The lowest BCUT2D eigenvalue weighted by atomic mass is 9.77. The van der Waals surface area contributed by atoms with E-state index >= 15 is 0 Å². The molecular formula is C12H17BO2. The first-order valence-corrected chi connectivity index (χ1v) is 5.72. The minimum absolute atomic E-state index is 0.0797. The first-order chi connectivity index (χ1) is 7.29. The molecule has 0 aromatic heterocycles. The predicted octanol–water partition coefficient (Wildman–Crippen LogP) is 3.38. The summed E-state index contributed by atoms with van der Waals surface area (Å²) < 4.78 is 11.4. The number of benzene rings is 1. The zero-order valence-electron chi connectivity index (χ0n) is 9.40. The highest BCUT2D eigenvalue weighted by atomic mass is 16.6. The Labute approximate surface area is 91.7 Å². The third-order valence-corrected chi connectivity index (χ3v) is 2.74. The van der Waals surface area contributed by atoms with Crippen LogP contribution in [0.1, 0.15) is 26.7 Å². The second-order valence-electron chi connectivity index (χ2n) is 4.24. The minimum Gasteiger partial charge on any atom is -0.523 e. The second-order valence-corrected chi connectivity index (χ2v) is 4.24. The maximum absolute atomic E-state index is 5.70. The van der Waals surface area contributed by atoms with E-state index in [0.29, 0.717) is 5.92 Å². The molecule has 1 aromatic carbocycles. The van der Waals surface area contributed by atoms with Gasteiger partial charge in [0, 0.05) is 6.32 Å². The molecule has 0 fully saturated rings. The van der Waals surface area contributed by atoms with Gasteiger partial charge in [0.1, 0.15) is 11.5 Å². The minimum atomic E-state index is -0.0797. The average molecular weight is 204 g/mol. The Kier molecular flexibility index (Phi) is 3.19. The zero-order chi connectivity index (χ0) is 10.7. The van der Waals surface area contributed by atoms with E-state index in [-0.39, 0.29) is 7.12 Å². The molecule has 0 saturated carbocycles. The van der Waals surface area contributed by atoms with Gasteiger partial charge in [0.15, 0.2) is 0 Å². The molecule has 3 heteroatoms. The van der Waals surface area contributed by atoms with Crippen LogP contribution in [-0.4, -0.2) is 7.12 Å². The molecule has 0 amide bonds. The lowest BCUT2D eigenvalue weighted by molar-refractivity contribution is 0.459. The SMILES string of the molecule is CCCC(C)CB1Oc2ccccc2O1. The summed E-state index contributed by atoms with van der Waals surface area (Å²) in [5, 5.41) is 0. The van der Waals surface area contributed by atoms with Crippen LogP contribution in [0.2, 0.25) is 6.32 Å². The molecule has 1 aromatic rings. The molecule has 1 unspecified atom stereocenters. The summed E-state index contributed by atoms with van der Waals surface area (Å²) in [6, 6.07) is 7.86. The first-order valence-electron chi connectivity index (χ1n) is 5.72. The Morgan fingerprint density at radius 2 is 1.80 bits per heavy atom. The molecule has 1 atom stereocenters. The van der Waals surface area contributed by atoms with E-state index in [1.807, 2.05) is 24.3 Å². The van der Waals surface area contributed by atoms with Crippen LogP contribution in [0.3, 0.4) is 0 Å². The molecule has 0 spiro atoms. The monoisotopic (exact) mass is 204 g/mol. The van der Waals surface area contributed by atoms with Crippen molar-refractivity contribution in [3.05, 3.63) is 24.3 Å². The Bertz CT molecular complexity index is 302. The summed E-state index contributed by atoms with van der Waals surface area (Å²) in [6.07, 6.45) is 3.43. The van der Waals surface area contributed by atoms with Crippen LogP contribution in [0.4, 0.5) is 0 Å². The number of fused-ring (bicyclic) bond motifs is 1. The average Bonchev–Trinajstić information content (AvgIpc) is 2.59. The molecule has 2 nitrogen and oxygen atoms in total. The molecule has 15 heavy (non-hydrogen) atoms. The van der Waals surface area contributed by atoms with Gasteiger partial charge in [-0.2, -0.15) is 0 Å². The summed E-state index contributed by atoms with van der Waals surface area (Å²) in [5.74, 6) is 2.42. The van der Waals surface area contributed by atoms with Gasteiger partial charge in [-0.1, -0.05) is 38.8 Å². The summed E-state index contributed by atoms with van der Waals surface area (Å²) >= 11 is 0. The third-order valence-electron chi connectivity index (χ3n) is 2.74. The van der Waals surface area contributed by atoms with Crippen molar-refractivity contribution in [1.82, 2.24) is 0 Å². The fourth-order valence-corrected chi connectivity index (χ4v) is 1.99. The Balaban J connectivity index is 1.90. The van der Waals surface area contributed by atoms with Gasteiger partial charge in [0.05, 0.1) is 0 Å². The van der Waals surface area contributed by atoms with E-state index in [9.17, 15) is 0 Å². The standard InChI is InChI=1S/C12H17BO2/c1-3-6-10(2)9-13-14-11-7-4-5-8-12(11)15-13/h4-5,7-8,10H,3,6,9H2,1-2H3. The number of hydrogen-bond donors (Lipinski definition) is 0. The van der Waals surface area contributed by atoms with E-state index in [2.05, 4.69) is 13.8 Å². The van der Waals surface area contributed by atoms with E-state index in [1.165, 1.54) is 12.8 Å².